The molecule has 0 bridgehead atoms. The Kier molecular flexibility index (Phi) is 16.3. The molecule has 3 amide bonds. The fourth-order valence-corrected chi connectivity index (χ4v) is 9.39. The molecule has 0 aromatic carbocycles. The molecule has 446 valence electrons. The highest BCUT2D eigenvalue weighted by Gasteiger charge is 2.29. The molecule has 0 atom stereocenters. The largest absolute Gasteiger partial charge is 0.482 e. The third-order valence-electron chi connectivity index (χ3n) is 13.5. The van der Waals surface area contributed by atoms with E-state index in [2.05, 4.69) is 61.3 Å². The lowest BCUT2D eigenvalue weighted by Crippen LogP contribution is -2.19. The molecule has 27 heteroatoms. The zero-order valence-electron chi connectivity index (χ0n) is 47.6. The smallest absolute Gasteiger partial charge is 0.422 e. The van der Waals surface area contributed by atoms with E-state index >= 15 is 0 Å². The van der Waals surface area contributed by atoms with Crippen molar-refractivity contribution in [2.24, 2.45) is 7.05 Å². The first-order valence-corrected chi connectivity index (χ1v) is 27.5. The Labute approximate surface area is 509 Å². The van der Waals surface area contributed by atoms with Gasteiger partial charge in [0.25, 0.3) is 17.7 Å². The van der Waals surface area contributed by atoms with Gasteiger partial charge in [-0.2, -0.15) is 28.5 Å². The van der Waals surface area contributed by atoms with Gasteiger partial charge in [0.2, 0.25) is 0 Å². The molecular weight excluding hydrogens is 1160 g/mol. The van der Waals surface area contributed by atoms with Gasteiger partial charge in [-0.3, -0.25) is 53.3 Å². The van der Waals surface area contributed by atoms with E-state index in [1.54, 1.807) is 164 Å². The van der Waals surface area contributed by atoms with E-state index in [9.17, 15) is 27.6 Å². The average Bonchev–Trinajstić information content (AvgIpc) is 3.71. The molecule has 90 heavy (non-hydrogen) atoms. The van der Waals surface area contributed by atoms with Gasteiger partial charge in [0, 0.05) is 92.8 Å². The van der Waals surface area contributed by atoms with Crippen LogP contribution in [0.15, 0.2) is 189 Å². The second-order valence-electron chi connectivity index (χ2n) is 20.1. The van der Waals surface area contributed by atoms with Gasteiger partial charge in [0.15, 0.2) is 6.61 Å². The molecule has 0 unspecified atom stereocenters. The van der Waals surface area contributed by atoms with E-state index < -0.39 is 30.5 Å². The number of hydrogen-bond donors (Lipinski definition) is 5. The summed E-state index contributed by atoms with van der Waals surface area (Å²) in [6, 6.07) is 34.2. The first-order chi connectivity index (χ1) is 43.6. The molecule has 12 rings (SSSR count). The number of halogens is 3. The maximum atomic E-state index is 14.2. The Morgan fingerprint density at radius 2 is 1.06 bits per heavy atom. The number of amides is 3. The standard InChI is InChI=1S/C63H49F3N20O4/c1-68-43-22-39(26-70-29-43)46-12-7-16-53(76-46)62(89)79-55-34-85(82-57(55)48-10-3-4-20-72-48)31-37-18-19-49(73-24-37)58-56(80-61(88)52-15-6-11-45(75-52)38-21-41(67)28-69-25-38)35-86(83-58)32-42-9-5-14-50(74-42)59-54(33-84(2)81-59)78-60(87)51-17-8-13-47(77-51)40-23-44(30-71-27-40)90-36-63(64,65)66/h3-30,33-35,68H,31-32,36,67H2,1-2H3,(H,78,87)(H,79,89)(H,80,88). The number of pyridine rings is 9. The van der Waals surface area contributed by atoms with E-state index in [0.717, 1.165) is 23.0 Å². The molecule has 0 fully saturated rings. The number of hydrogen-bond acceptors (Lipinski definition) is 18. The number of nitrogen functional groups attached to an aromatic ring is 1. The Morgan fingerprint density at radius 3 is 1.63 bits per heavy atom. The van der Waals surface area contributed by atoms with Gasteiger partial charge >= 0.3 is 6.18 Å². The molecule has 12 aromatic rings. The molecule has 0 aliphatic heterocycles. The van der Waals surface area contributed by atoms with Gasteiger partial charge in [-0.15, -0.1) is 0 Å². The molecule has 0 radical (unpaired) electrons. The highest BCUT2D eigenvalue weighted by molar-refractivity contribution is 6.06. The van der Waals surface area contributed by atoms with Gasteiger partial charge in [0.05, 0.1) is 87.6 Å². The van der Waals surface area contributed by atoms with Crippen molar-refractivity contribution in [2.75, 3.05) is 40.7 Å². The monoisotopic (exact) mass is 1210 g/mol. The number of nitrogens with one attached hydrogen (secondary N) is 4. The lowest BCUT2D eigenvalue weighted by Gasteiger charge is -2.10. The Morgan fingerprint density at radius 1 is 0.522 bits per heavy atom. The maximum Gasteiger partial charge on any atom is 0.422 e. The zero-order valence-corrected chi connectivity index (χ0v) is 47.6. The highest BCUT2D eigenvalue weighted by Crippen LogP contribution is 2.32. The number of alkyl halides is 3. The van der Waals surface area contributed by atoms with Crippen LogP contribution in [0.3, 0.4) is 0 Å². The predicted octanol–water partition coefficient (Wildman–Crippen LogP) is 9.79. The summed E-state index contributed by atoms with van der Waals surface area (Å²) in [5.41, 5.74) is 15.2. The van der Waals surface area contributed by atoms with Crippen molar-refractivity contribution < 1.29 is 32.3 Å². The summed E-state index contributed by atoms with van der Waals surface area (Å²) >= 11 is 0. The van der Waals surface area contributed by atoms with E-state index in [4.69, 9.17) is 30.6 Å². The normalized spacial score (nSPS) is 11.3. The number of aromatic nitrogens is 15. The van der Waals surface area contributed by atoms with Crippen LogP contribution in [0.1, 0.15) is 42.7 Å². The number of anilines is 5. The number of nitrogens with two attached hydrogens (primary N) is 1. The van der Waals surface area contributed by atoms with Crippen molar-refractivity contribution in [3.05, 3.63) is 218 Å². The topological polar surface area (TPSA) is 304 Å². The van der Waals surface area contributed by atoms with Crippen LogP contribution in [0, 0.1) is 0 Å². The van der Waals surface area contributed by atoms with E-state index in [1.807, 2.05) is 18.2 Å². The summed E-state index contributed by atoms with van der Waals surface area (Å²) in [5, 5.41) is 26.3. The van der Waals surface area contributed by atoms with E-state index in [1.165, 1.54) is 29.2 Å². The second-order valence-corrected chi connectivity index (χ2v) is 20.1. The molecule has 24 nitrogen and oxygen atoms in total. The average molecular weight is 1210 g/mol. The first kappa shape index (κ1) is 58.0. The fourth-order valence-electron chi connectivity index (χ4n) is 9.39. The van der Waals surface area contributed by atoms with Gasteiger partial charge < -0.3 is 31.7 Å². The summed E-state index contributed by atoms with van der Waals surface area (Å²) in [7, 11) is 3.48. The second kappa shape index (κ2) is 25.3. The molecule has 12 heterocycles. The summed E-state index contributed by atoms with van der Waals surface area (Å²) < 4.78 is 48.2. The molecule has 0 aliphatic rings. The number of aryl methyl sites for hydroxylation is 1. The van der Waals surface area contributed by atoms with Crippen LogP contribution in [0.2, 0.25) is 0 Å². The summed E-state index contributed by atoms with van der Waals surface area (Å²) in [6.07, 6.45) is 12.8. The van der Waals surface area contributed by atoms with Crippen molar-refractivity contribution in [1.82, 2.24) is 74.2 Å². The molecule has 0 aliphatic carbocycles. The van der Waals surface area contributed by atoms with E-state index in [0.29, 0.717) is 85.1 Å². The lowest BCUT2D eigenvalue weighted by atomic mass is 10.1. The van der Waals surface area contributed by atoms with Gasteiger partial charge in [-0.25, -0.2) is 19.9 Å². The highest BCUT2D eigenvalue weighted by atomic mass is 19.4. The lowest BCUT2D eigenvalue weighted by molar-refractivity contribution is -0.153. The van der Waals surface area contributed by atoms with Crippen LogP contribution >= 0.6 is 0 Å². The molecule has 12 aromatic heterocycles. The minimum Gasteiger partial charge on any atom is -0.482 e. The predicted molar refractivity (Wildman–Crippen MR) is 327 cm³/mol. The first-order valence-electron chi connectivity index (χ1n) is 27.5. The molecule has 0 saturated heterocycles. The maximum absolute atomic E-state index is 14.2. The number of rotatable bonds is 19. The van der Waals surface area contributed by atoms with Crippen molar-refractivity contribution >= 4 is 46.2 Å². The van der Waals surface area contributed by atoms with Gasteiger partial charge in [-0.1, -0.05) is 36.4 Å². The van der Waals surface area contributed by atoms with E-state index in [-0.39, 0.29) is 41.6 Å². The van der Waals surface area contributed by atoms with Crippen LogP contribution in [-0.4, -0.2) is 112 Å². The van der Waals surface area contributed by atoms with Crippen molar-refractivity contribution in [3.63, 3.8) is 0 Å². The van der Waals surface area contributed by atoms with Gasteiger partial charge in [0.1, 0.15) is 39.9 Å². The number of ether oxygens (including phenoxy) is 1. The third-order valence-corrected chi connectivity index (χ3v) is 13.5. The van der Waals surface area contributed by atoms with Crippen molar-refractivity contribution in [3.8, 4) is 73.7 Å². The van der Waals surface area contributed by atoms with Crippen LogP contribution < -0.4 is 31.7 Å². The Bertz CT molecular complexity index is 4630. The summed E-state index contributed by atoms with van der Waals surface area (Å²) in [6.45, 7) is -1.18. The zero-order chi connectivity index (χ0) is 62.3. The van der Waals surface area contributed by atoms with Gasteiger partial charge in [-0.05, 0) is 90.5 Å². The SMILES string of the molecule is CNc1cncc(-c2cccc(C(=O)Nc3cn(Cc4ccc(-c5nn(Cc6cccc(-c7nn(C)cc7NC(=O)c7cccc(-c8cncc(OCC(F)(F)F)c8)n7)n6)cc5NC(=O)c5cccc(-c6cncc(N)c6)n5)nc4)nc3-c3ccccn3)n2)c1. The summed E-state index contributed by atoms with van der Waals surface area (Å²) in [5.74, 6) is -1.72. The molecular formula is C63H49F3N20O4. The molecule has 6 N–H and O–H groups in total. The Balaban J connectivity index is 0.801. The van der Waals surface area contributed by atoms with Crippen LogP contribution in [0.4, 0.5) is 41.6 Å². The summed E-state index contributed by atoms with van der Waals surface area (Å²) in [4.78, 5) is 82.3. The third kappa shape index (κ3) is 13.6. The minimum atomic E-state index is -4.55. The number of carbonyl (C=O) groups is 3. The van der Waals surface area contributed by atoms with Crippen LogP contribution in [0.25, 0.3) is 67.9 Å². The van der Waals surface area contributed by atoms with Crippen molar-refractivity contribution in [1.29, 1.82) is 0 Å². The number of carbonyl (C=O) groups excluding carboxylic acids is 3. The Hall–Kier alpha value is -12.4. The number of nitrogens with zero attached hydrogens (tertiary/aromatic N) is 15. The van der Waals surface area contributed by atoms with Crippen LogP contribution in [0.5, 0.6) is 5.75 Å². The van der Waals surface area contributed by atoms with Crippen molar-refractivity contribution in [2.45, 2.75) is 19.3 Å². The minimum absolute atomic E-state index is 0.00132. The quantitative estimate of drug-likeness (QED) is 0.0503. The van der Waals surface area contributed by atoms with Crippen LogP contribution in [-0.2, 0) is 20.1 Å². The molecule has 0 spiro atoms. The fraction of sp³-hybridized carbons (Fsp3) is 0.0952. The molecule has 0 saturated carbocycles.